The van der Waals surface area contributed by atoms with Crippen molar-refractivity contribution in [2.24, 2.45) is 0 Å². The van der Waals surface area contributed by atoms with E-state index in [2.05, 4.69) is 54.7 Å². The van der Waals surface area contributed by atoms with E-state index in [0.29, 0.717) is 0 Å². The third-order valence-corrected chi connectivity index (χ3v) is 4.37. The van der Waals surface area contributed by atoms with Gasteiger partial charge in [-0.05, 0) is 42.6 Å². The summed E-state index contributed by atoms with van der Waals surface area (Å²) in [6.07, 6.45) is 5.32. The predicted octanol–water partition coefficient (Wildman–Crippen LogP) is 4.08. The number of fused-ring (bicyclic) bond motifs is 1. The fourth-order valence-electron chi connectivity index (χ4n) is 3.23. The van der Waals surface area contributed by atoms with Gasteiger partial charge in [0.1, 0.15) is 0 Å². The number of benzene rings is 2. The smallest absolute Gasteiger partial charge is 0.165 e. The van der Waals surface area contributed by atoms with Crippen molar-refractivity contribution in [3.05, 3.63) is 58.7 Å². The number of nitrogens with one attached hydrogen (secondary N) is 1. The number of ether oxygens (including phenoxy) is 2. The molecule has 0 saturated carbocycles. The van der Waals surface area contributed by atoms with Crippen LogP contribution in [0.15, 0.2) is 36.4 Å². The minimum absolute atomic E-state index is 0.257. The summed E-state index contributed by atoms with van der Waals surface area (Å²) in [6.45, 7) is 3.15. The molecule has 0 aliphatic carbocycles. The van der Waals surface area contributed by atoms with E-state index in [9.17, 15) is 0 Å². The van der Waals surface area contributed by atoms with Crippen LogP contribution in [-0.4, -0.2) is 20.8 Å². The molecule has 1 atom stereocenters. The van der Waals surface area contributed by atoms with Crippen molar-refractivity contribution in [3.8, 4) is 11.5 Å². The summed E-state index contributed by atoms with van der Waals surface area (Å²) in [5.74, 6) is 1.63. The quantitative estimate of drug-likeness (QED) is 0.863. The van der Waals surface area contributed by atoms with Gasteiger partial charge in [0.15, 0.2) is 11.5 Å². The monoisotopic (exact) mass is 309 g/mol. The summed E-state index contributed by atoms with van der Waals surface area (Å²) in [6, 6.07) is 12.7. The third-order valence-electron chi connectivity index (χ3n) is 4.37. The molecule has 0 radical (unpaired) electrons. The molecule has 0 bridgehead atoms. The Bertz CT molecular complexity index is 707. The molecule has 23 heavy (non-hydrogen) atoms. The van der Waals surface area contributed by atoms with Crippen LogP contribution in [0.1, 0.15) is 35.2 Å². The van der Waals surface area contributed by atoms with Gasteiger partial charge in [0.25, 0.3) is 0 Å². The van der Waals surface area contributed by atoms with Crippen LogP contribution in [-0.2, 0) is 6.42 Å². The summed E-state index contributed by atoms with van der Waals surface area (Å²) in [5.41, 5.74) is 4.96. The van der Waals surface area contributed by atoms with Gasteiger partial charge < -0.3 is 14.8 Å². The van der Waals surface area contributed by atoms with E-state index in [1.54, 1.807) is 14.2 Å². The molecule has 1 heterocycles. The largest absolute Gasteiger partial charge is 0.493 e. The predicted molar refractivity (Wildman–Crippen MR) is 95.0 cm³/mol. The lowest BCUT2D eigenvalue weighted by Crippen LogP contribution is -2.29. The zero-order valence-corrected chi connectivity index (χ0v) is 13.9. The van der Waals surface area contributed by atoms with Crippen molar-refractivity contribution < 1.29 is 9.47 Å². The van der Waals surface area contributed by atoms with Crippen molar-refractivity contribution in [3.63, 3.8) is 0 Å². The standard InChI is InChI=1S/C20H23NO2/c1-14-19-17(11-12-21-14)16(13-18(22-2)20(19)23-3)10-9-15-7-5-4-6-8-15/h4-10,13-14,21H,11-12H2,1-3H3/b10-9+. The Hall–Kier alpha value is -2.26. The van der Waals surface area contributed by atoms with E-state index in [-0.39, 0.29) is 6.04 Å². The highest BCUT2D eigenvalue weighted by atomic mass is 16.5. The van der Waals surface area contributed by atoms with Crippen molar-refractivity contribution in [2.45, 2.75) is 19.4 Å². The molecular weight excluding hydrogens is 286 g/mol. The lowest BCUT2D eigenvalue weighted by molar-refractivity contribution is 0.344. The first-order valence-electron chi connectivity index (χ1n) is 7.99. The van der Waals surface area contributed by atoms with Gasteiger partial charge in [-0.15, -0.1) is 0 Å². The van der Waals surface area contributed by atoms with E-state index >= 15 is 0 Å². The topological polar surface area (TPSA) is 30.5 Å². The highest BCUT2D eigenvalue weighted by Crippen LogP contribution is 2.41. The fraction of sp³-hybridized carbons (Fsp3) is 0.300. The van der Waals surface area contributed by atoms with Crippen LogP contribution < -0.4 is 14.8 Å². The van der Waals surface area contributed by atoms with Crippen LogP contribution in [0.2, 0.25) is 0 Å². The average Bonchev–Trinajstić information content (AvgIpc) is 2.60. The number of hydrogen-bond donors (Lipinski definition) is 1. The molecule has 3 nitrogen and oxygen atoms in total. The first-order chi connectivity index (χ1) is 11.2. The second-order valence-corrected chi connectivity index (χ2v) is 5.76. The maximum Gasteiger partial charge on any atom is 0.165 e. The summed E-state index contributed by atoms with van der Waals surface area (Å²) < 4.78 is 11.2. The van der Waals surface area contributed by atoms with Gasteiger partial charge in [-0.1, -0.05) is 42.5 Å². The molecule has 120 valence electrons. The van der Waals surface area contributed by atoms with Crippen molar-refractivity contribution in [2.75, 3.05) is 20.8 Å². The summed E-state index contributed by atoms with van der Waals surface area (Å²) >= 11 is 0. The van der Waals surface area contributed by atoms with Crippen molar-refractivity contribution in [1.82, 2.24) is 5.32 Å². The Morgan fingerprint density at radius 2 is 1.87 bits per heavy atom. The van der Waals surface area contributed by atoms with Crippen LogP contribution in [0.25, 0.3) is 12.2 Å². The highest BCUT2D eigenvalue weighted by Gasteiger charge is 2.25. The molecule has 0 aromatic heterocycles. The van der Waals surface area contributed by atoms with E-state index in [1.807, 2.05) is 6.07 Å². The molecule has 3 rings (SSSR count). The van der Waals surface area contributed by atoms with E-state index in [0.717, 1.165) is 24.5 Å². The summed E-state index contributed by atoms with van der Waals surface area (Å²) in [5, 5.41) is 3.51. The third kappa shape index (κ3) is 3.10. The van der Waals surface area contributed by atoms with Crippen LogP contribution in [0.3, 0.4) is 0 Å². The van der Waals surface area contributed by atoms with E-state index in [4.69, 9.17) is 9.47 Å². The number of rotatable bonds is 4. The van der Waals surface area contributed by atoms with Crippen LogP contribution >= 0.6 is 0 Å². The summed E-state index contributed by atoms with van der Waals surface area (Å²) in [4.78, 5) is 0. The molecule has 0 fully saturated rings. The highest BCUT2D eigenvalue weighted by molar-refractivity contribution is 5.74. The molecule has 1 aliphatic rings. The molecule has 1 N–H and O–H groups in total. The minimum atomic E-state index is 0.257. The zero-order chi connectivity index (χ0) is 16.2. The van der Waals surface area contributed by atoms with Crippen LogP contribution in [0, 0.1) is 0 Å². The van der Waals surface area contributed by atoms with Gasteiger partial charge in [-0.25, -0.2) is 0 Å². The van der Waals surface area contributed by atoms with Crippen molar-refractivity contribution in [1.29, 1.82) is 0 Å². The SMILES string of the molecule is COc1cc(/C=C/c2ccccc2)c2c(c1OC)C(C)NCC2. The molecule has 2 aromatic carbocycles. The number of methoxy groups -OCH3 is 2. The normalized spacial score (nSPS) is 17.1. The Labute approximate surface area is 137 Å². The van der Waals surface area contributed by atoms with E-state index in [1.165, 1.54) is 22.3 Å². The van der Waals surface area contributed by atoms with Gasteiger partial charge >= 0.3 is 0 Å². The lowest BCUT2D eigenvalue weighted by atomic mass is 9.89. The molecule has 0 spiro atoms. The second kappa shape index (κ2) is 6.88. The lowest BCUT2D eigenvalue weighted by Gasteiger charge is -2.28. The molecule has 2 aromatic rings. The Morgan fingerprint density at radius 1 is 1.09 bits per heavy atom. The Balaban J connectivity index is 2.10. The second-order valence-electron chi connectivity index (χ2n) is 5.76. The van der Waals surface area contributed by atoms with Gasteiger partial charge in [0.05, 0.1) is 14.2 Å². The Kier molecular flexibility index (Phi) is 4.68. The molecule has 3 heteroatoms. The van der Waals surface area contributed by atoms with Crippen LogP contribution in [0.4, 0.5) is 0 Å². The molecule has 0 amide bonds. The van der Waals surface area contributed by atoms with Crippen LogP contribution in [0.5, 0.6) is 11.5 Å². The van der Waals surface area contributed by atoms with Gasteiger partial charge in [-0.3, -0.25) is 0 Å². The fourth-order valence-corrected chi connectivity index (χ4v) is 3.23. The van der Waals surface area contributed by atoms with Gasteiger partial charge in [0, 0.05) is 11.6 Å². The Morgan fingerprint density at radius 3 is 2.57 bits per heavy atom. The number of hydrogen-bond acceptors (Lipinski definition) is 3. The average molecular weight is 309 g/mol. The molecule has 0 saturated heterocycles. The molecular formula is C20H23NO2. The zero-order valence-electron chi connectivity index (χ0n) is 13.9. The van der Waals surface area contributed by atoms with Crippen molar-refractivity contribution >= 4 is 12.2 Å². The minimum Gasteiger partial charge on any atom is -0.493 e. The van der Waals surface area contributed by atoms with E-state index < -0.39 is 0 Å². The van der Waals surface area contributed by atoms with Gasteiger partial charge in [0.2, 0.25) is 0 Å². The summed E-state index contributed by atoms with van der Waals surface area (Å²) in [7, 11) is 3.40. The van der Waals surface area contributed by atoms with Gasteiger partial charge in [-0.2, -0.15) is 0 Å². The first-order valence-corrected chi connectivity index (χ1v) is 7.99. The maximum atomic E-state index is 5.63. The molecule has 1 unspecified atom stereocenters. The molecule has 1 aliphatic heterocycles. The first kappa shape index (κ1) is 15.6. The maximum absolute atomic E-state index is 5.63.